The molecule has 162 valence electrons. The standard InChI is InChI=1S/C26H30N2O3/c1-18-22(13-8-14-24(18)29)26(31)28-23(16-20-11-6-3-7-12-20)25(30)17-21(27)15-19-9-4-2-5-10-19/h2-14,21,23,25,29-30H,15-17,27H2,1H3,(H,28,31)/t21-,23-,25-/m0/s1. The summed E-state index contributed by atoms with van der Waals surface area (Å²) in [5, 5.41) is 23.9. The maximum atomic E-state index is 12.9. The van der Waals surface area contributed by atoms with Crippen molar-refractivity contribution in [2.75, 3.05) is 0 Å². The zero-order valence-corrected chi connectivity index (χ0v) is 17.7. The molecule has 0 radical (unpaired) electrons. The number of carbonyl (C=O) groups excluding carboxylic acids is 1. The number of phenols is 1. The topological polar surface area (TPSA) is 95.6 Å². The Labute approximate surface area is 183 Å². The number of hydrogen-bond acceptors (Lipinski definition) is 4. The molecule has 0 unspecified atom stereocenters. The number of hydrogen-bond donors (Lipinski definition) is 4. The lowest BCUT2D eigenvalue weighted by molar-refractivity contribution is 0.0795. The summed E-state index contributed by atoms with van der Waals surface area (Å²) in [6, 6.07) is 23.7. The molecule has 0 heterocycles. The van der Waals surface area contributed by atoms with E-state index in [1.54, 1.807) is 25.1 Å². The van der Waals surface area contributed by atoms with Gasteiger partial charge in [0, 0.05) is 17.2 Å². The maximum absolute atomic E-state index is 12.9. The van der Waals surface area contributed by atoms with Crippen molar-refractivity contribution in [2.24, 2.45) is 5.73 Å². The van der Waals surface area contributed by atoms with Crippen molar-refractivity contribution in [1.29, 1.82) is 0 Å². The Morgan fingerprint density at radius 2 is 1.48 bits per heavy atom. The monoisotopic (exact) mass is 418 g/mol. The van der Waals surface area contributed by atoms with Gasteiger partial charge in [-0.15, -0.1) is 0 Å². The van der Waals surface area contributed by atoms with Crippen LogP contribution in [0.25, 0.3) is 0 Å². The summed E-state index contributed by atoms with van der Waals surface area (Å²) in [6.45, 7) is 1.70. The normalized spacial score (nSPS) is 13.9. The van der Waals surface area contributed by atoms with Gasteiger partial charge in [0.2, 0.25) is 0 Å². The SMILES string of the molecule is Cc1c(O)cccc1C(=O)N[C@@H](Cc1ccccc1)[C@@H](O)C[C@@H](N)Cc1ccccc1. The van der Waals surface area contributed by atoms with Gasteiger partial charge in [0.1, 0.15) is 5.75 Å². The second kappa shape index (κ2) is 10.8. The Balaban J connectivity index is 1.73. The fourth-order valence-corrected chi connectivity index (χ4v) is 3.74. The second-order valence-electron chi connectivity index (χ2n) is 7.97. The second-order valence-corrected chi connectivity index (χ2v) is 7.97. The third-order valence-electron chi connectivity index (χ3n) is 5.51. The molecule has 0 aromatic heterocycles. The van der Waals surface area contributed by atoms with Gasteiger partial charge in [0.15, 0.2) is 0 Å². The molecular weight excluding hydrogens is 388 g/mol. The highest BCUT2D eigenvalue weighted by molar-refractivity contribution is 5.96. The molecular formula is C26H30N2O3. The molecule has 1 amide bonds. The van der Waals surface area contributed by atoms with Crippen molar-refractivity contribution < 1.29 is 15.0 Å². The van der Waals surface area contributed by atoms with E-state index in [4.69, 9.17) is 5.73 Å². The first-order valence-corrected chi connectivity index (χ1v) is 10.5. The molecule has 0 saturated carbocycles. The van der Waals surface area contributed by atoms with E-state index < -0.39 is 12.1 Å². The third-order valence-corrected chi connectivity index (χ3v) is 5.51. The van der Waals surface area contributed by atoms with E-state index in [2.05, 4.69) is 5.32 Å². The van der Waals surface area contributed by atoms with Gasteiger partial charge in [-0.1, -0.05) is 66.7 Å². The van der Waals surface area contributed by atoms with Crippen molar-refractivity contribution in [3.05, 3.63) is 101 Å². The van der Waals surface area contributed by atoms with E-state index in [0.717, 1.165) is 11.1 Å². The van der Waals surface area contributed by atoms with Crippen LogP contribution in [0.1, 0.15) is 33.5 Å². The summed E-state index contributed by atoms with van der Waals surface area (Å²) in [7, 11) is 0. The molecule has 3 atom stereocenters. The zero-order chi connectivity index (χ0) is 22.2. The van der Waals surface area contributed by atoms with E-state index in [-0.39, 0.29) is 17.7 Å². The number of benzene rings is 3. The zero-order valence-electron chi connectivity index (χ0n) is 17.7. The minimum atomic E-state index is -0.819. The molecule has 0 spiro atoms. The quantitative estimate of drug-likeness (QED) is 0.428. The minimum Gasteiger partial charge on any atom is -0.508 e. The molecule has 3 aromatic carbocycles. The molecule has 0 aliphatic rings. The summed E-state index contributed by atoms with van der Waals surface area (Å²) in [5.41, 5.74) is 9.34. The molecule has 0 saturated heterocycles. The number of rotatable bonds is 9. The molecule has 3 aromatic rings. The average Bonchev–Trinajstić information content (AvgIpc) is 2.76. The van der Waals surface area contributed by atoms with Gasteiger partial charge in [-0.25, -0.2) is 0 Å². The van der Waals surface area contributed by atoms with E-state index in [9.17, 15) is 15.0 Å². The van der Waals surface area contributed by atoms with E-state index >= 15 is 0 Å². The van der Waals surface area contributed by atoms with Crippen LogP contribution in [0, 0.1) is 6.92 Å². The van der Waals surface area contributed by atoms with Crippen LogP contribution in [0.3, 0.4) is 0 Å². The van der Waals surface area contributed by atoms with Crippen molar-refractivity contribution in [3.63, 3.8) is 0 Å². The van der Waals surface area contributed by atoms with Crippen LogP contribution in [-0.4, -0.2) is 34.3 Å². The highest BCUT2D eigenvalue weighted by Gasteiger charge is 2.25. The van der Waals surface area contributed by atoms with Gasteiger partial charge in [0.05, 0.1) is 12.1 Å². The third kappa shape index (κ3) is 6.41. The first-order valence-electron chi connectivity index (χ1n) is 10.5. The predicted octanol–water partition coefficient (Wildman–Crippen LogP) is 3.36. The van der Waals surface area contributed by atoms with Crippen LogP contribution >= 0.6 is 0 Å². The fourth-order valence-electron chi connectivity index (χ4n) is 3.74. The van der Waals surface area contributed by atoms with E-state index in [0.29, 0.717) is 30.4 Å². The Kier molecular flexibility index (Phi) is 7.82. The van der Waals surface area contributed by atoms with Gasteiger partial charge < -0.3 is 21.3 Å². The highest BCUT2D eigenvalue weighted by Crippen LogP contribution is 2.20. The predicted molar refractivity (Wildman–Crippen MR) is 123 cm³/mol. The van der Waals surface area contributed by atoms with Gasteiger partial charge >= 0.3 is 0 Å². The number of nitrogens with two attached hydrogens (primary N) is 1. The molecule has 5 nitrogen and oxygen atoms in total. The van der Waals surface area contributed by atoms with Gasteiger partial charge in [-0.2, -0.15) is 0 Å². The highest BCUT2D eigenvalue weighted by atomic mass is 16.3. The van der Waals surface area contributed by atoms with Crippen LogP contribution in [0.2, 0.25) is 0 Å². The Hall–Kier alpha value is -3.15. The number of aliphatic hydroxyl groups is 1. The number of aliphatic hydroxyl groups excluding tert-OH is 1. The maximum Gasteiger partial charge on any atom is 0.252 e. The summed E-state index contributed by atoms with van der Waals surface area (Å²) in [4.78, 5) is 12.9. The van der Waals surface area contributed by atoms with Gasteiger partial charge in [-0.05, 0) is 49.4 Å². The van der Waals surface area contributed by atoms with Crippen LogP contribution in [0.4, 0.5) is 0 Å². The molecule has 0 aliphatic carbocycles. The van der Waals surface area contributed by atoms with Crippen LogP contribution in [-0.2, 0) is 12.8 Å². The van der Waals surface area contributed by atoms with Crippen molar-refractivity contribution in [2.45, 2.75) is 44.4 Å². The molecule has 5 heteroatoms. The smallest absolute Gasteiger partial charge is 0.252 e. The molecule has 3 rings (SSSR count). The van der Waals surface area contributed by atoms with Gasteiger partial charge in [0.25, 0.3) is 5.91 Å². The molecule has 5 N–H and O–H groups in total. The fraction of sp³-hybridized carbons (Fsp3) is 0.269. The number of phenolic OH excluding ortho intramolecular Hbond substituents is 1. The summed E-state index contributed by atoms with van der Waals surface area (Å²) >= 11 is 0. The van der Waals surface area contributed by atoms with Crippen molar-refractivity contribution >= 4 is 5.91 Å². The lowest BCUT2D eigenvalue weighted by Gasteiger charge is -2.27. The molecule has 0 fully saturated rings. The van der Waals surface area contributed by atoms with Gasteiger partial charge in [-0.3, -0.25) is 4.79 Å². The Morgan fingerprint density at radius 3 is 2.10 bits per heavy atom. The first kappa shape index (κ1) is 22.5. The average molecular weight is 419 g/mol. The Bertz CT molecular complexity index is 976. The lowest BCUT2D eigenvalue weighted by Crippen LogP contribution is -2.47. The summed E-state index contributed by atoms with van der Waals surface area (Å²) in [6.07, 6.45) is 0.658. The van der Waals surface area contributed by atoms with E-state index in [1.807, 2.05) is 60.7 Å². The lowest BCUT2D eigenvalue weighted by atomic mass is 9.93. The number of nitrogens with one attached hydrogen (secondary N) is 1. The molecule has 0 aliphatic heterocycles. The number of aromatic hydroxyl groups is 1. The summed E-state index contributed by atoms with van der Waals surface area (Å²) < 4.78 is 0. The first-order chi connectivity index (χ1) is 14.9. The molecule has 31 heavy (non-hydrogen) atoms. The van der Waals surface area contributed by atoms with E-state index in [1.165, 1.54) is 0 Å². The summed E-state index contributed by atoms with van der Waals surface area (Å²) in [5.74, 6) is -0.261. The van der Waals surface area contributed by atoms with Crippen LogP contribution in [0.15, 0.2) is 78.9 Å². The van der Waals surface area contributed by atoms with Crippen LogP contribution < -0.4 is 11.1 Å². The van der Waals surface area contributed by atoms with Crippen molar-refractivity contribution in [1.82, 2.24) is 5.32 Å². The van der Waals surface area contributed by atoms with Crippen LogP contribution in [0.5, 0.6) is 5.75 Å². The largest absolute Gasteiger partial charge is 0.508 e. The molecule has 0 bridgehead atoms. The minimum absolute atomic E-state index is 0.0673. The Morgan fingerprint density at radius 1 is 0.903 bits per heavy atom. The number of amides is 1. The number of carbonyl (C=O) groups is 1. The van der Waals surface area contributed by atoms with Crippen molar-refractivity contribution in [3.8, 4) is 5.75 Å².